The maximum absolute atomic E-state index is 11.7. The standard InChI is InChI=1S/C8H15NO5S/c1-6-5-9(7(10)11,8(2,3)4)15(12,13)14-6/h6H,5H2,1-4H3/t6-,9?/m0/s1. The van der Waals surface area contributed by atoms with Gasteiger partial charge in [-0.1, -0.05) is 0 Å². The first-order chi connectivity index (χ1) is 6.54. The lowest BCUT2D eigenvalue weighted by molar-refractivity contribution is -0.802. The number of rotatable bonds is 0. The Balaban J connectivity index is 3.44. The molecule has 1 saturated heterocycles. The minimum Gasteiger partial charge on any atom is -0.497 e. The Morgan fingerprint density at radius 2 is 1.93 bits per heavy atom. The Hall–Kier alpha value is -0.660. The Labute approximate surface area is 89.3 Å². The Kier molecular flexibility index (Phi) is 2.62. The maximum atomic E-state index is 11.7. The minimum absolute atomic E-state index is 0.131. The van der Waals surface area contributed by atoms with Crippen LogP contribution in [0.5, 0.6) is 0 Å². The molecule has 2 atom stereocenters. The molecule has 1 amide bonds. The summed E-state index contributed by atoms with van der Waals surface area (Å²) in [6.45, 7) is 5.98. The predicted octanol–water partition coefficient (Wildman–Crippen LogP) is -0.392. The molecule has 1 rings (SSSR count). The van der Waals surface area contributed by atoms with E-state index in [1.807, 2.05) is 0 Å². The fraction of sp³-hybridized carbons (Fsp3) is 0.875. The summed E-state index contributed by atoms with van der Waals surface area (Å²) >= 11 is 0. The van der Waals surface area contributed by atoms with Crippen LogP contribution in [0.1, 0.15) is 27.7 Å². The summed E-state index contributed by atoms with van der Waals surface area (Å²) in [6.07, 6.45) is -2.29. The first-order valence-electron chi connectivity index (χ1n) is 4.58. The lowest BCUT2D eigenvalue weighted by atomic mass is 10.1. The molecule has 1 aliphatic heterocycles. The molecule has 1 unspecified atom stereocenters. The number of nitrogens with zero attached hydrogens (tertiary/aromatic N) is 1. The van der Waals surface area contributed by atoms with E-state index in [2.05, 4.69) is 4.18 Å². The van der Waals surface area contributed by atoms with Crippen LogP contribution in [0, 0.1) is 0 Å². The highest BCUT2D eigenvalue weighted by molar-refractivity contribution is 7.81. The van der Waals surface area contributed by atoms with Crippen molar-refractivity contribution in [3.63, 3.8) is 0 Å². The van der Waals surface area contributed by atoms with Crippen molar-refractivity contribution in [2.75, 3.05) is 6.54 Å². The van der Waals surface area contributed by atoms with Crippen molar-refractivity contribution in [2.45, 2.75) is 39.3 Å². The molecule has 7 heteroatoms. The highest BCUT2D eigenvalue weighted by Crippen LogP contribution is 2.36. The summed E-state index contributed by atoms with van der Waals surface area (Å²) in [5.41, 5.74) is -1.03. The molecule has 88 valence electrons. The largest absolute Gasteiger partial charge is 0.497 e. The van der Waals surface area contributed by atoms with E-state index in [-0.39, 0.29) is 6.54 Å². The second-order valence-corrected chi connectivity index (χ2v) is 6.36. The molecule has 1 heterocycles. The quantitative estimate of drug-likeness (QED) is 0.536. The zero-order valence-corrected chi connectivity index (χ0v) is 10.00. The molecule has 1 aliphatic rings. The lowest BCUT2D eigenvalue weighted by Gasteiger charge is -2.40. The van der Waals surface area contributed by atoms with Crippen molar-refractivity contribution < 1.29 is 26.4 Å². The third kappa shape index (κ3) is 1.54. The van der Waals surface area contributed by atoms with E-state index in [4.69, 9.17) is 0 Å². The number of carbonyl (C=O) groups is 1. The topological polar surface area (TPSA) is 83.5 Å². The summed E-state index contributed by atoms with van der Waals surface area (Å²) in [6, 6.07) is 0. The fourth-order valence-electron chi connectivity index (χ4n) is 1.81. The zero-order chi connectivity index (χ0) is 12.1. The molecule has 0 spiro atoms. The molecule has 0 bridgehead atoms. The van der Waals surface area contributed by atoms with Gasteiger partial charge in [-0.15, -0.1) is 12.3 Å². The van der Waals surface area contributed by atoms with Crippen molar-refractivity contribution in [1.82, 2.24) is 0 Å². The van der Waals surface area contributed by atoms with Crippen LogP contribution in [-0.4, -0.2) is 36.6 Å². The van der Waals surface area contributed by atoms with Crippen LogP contribution >= 0.6 is 0 Å². The van der Waals surface area contributed by atoms with E-state index < -0.39 is 31.9 Å². The fourth-order valence-corrected chi connectivity index (χ4v) is 3.68. The zero-order valence-electron chi connectivity index (χ0n) is 9.18. The normalized spacial score (nSPS) is 35.3. The van der Waals surface area contributed by atoms with Gasteiger partial charge in [-0.05, 0) is 27.7 Å². The first-order valence-corrected chi connectivity index (χ1v) is 5.94. The Morgan fingerprint density at radius 1 is 1.47 bits per heavy atom. The molecule has 0 aromatic rings. The molecule has 1 fully saturated rings. The van der Waals surface area contributed by atoms with Gasteiger partial charge in [-0.2, -0.15) is 0 Å². The monoisotopic (exact) mass is 237 g/mol. The molecule has 0 N–H and O–H groups in total. The molecule has 0 radical (unpaired) electrons. The van der Waals surface area contributed by atoms with E-state index in [1.165, 1.54) is 27.7 Å². The van der Waals surface area contributed by atoms with Gasteiger partial charge in [0, 0.05) is 0 Å². The van der Waals surface area contributed by atoms with E-state index in [9.17, 15) is 18.3 Å². The van der Waals surface area contributed by atoms with Gasteiger partial charge in [-0.25, -0.2) is 4.18 Å². The van der Waals surface area contributed by atoms with Crippen molar-refractivity contribution >= 4 is 16.4 Å². The van der Waals surface area contributed by atoms with E-state index in [1.54, 1.807) is 0 Å². The second-order valence-electron chi connectivity index (χ2n) is 4.69. The molecule has 0 saturated carbocycles. The number of amides is 1. The average Bonchev–Trinajstić information content (AvgIpc) is 2.18. The van der Waals surface area contributed by atoms with Crippen molar-refractivity contribution in [1.29, 1.82) is 0 Å². The number of carboxylic acid groups (broad SMARTS) is 1. The smallest absolute Gasteiger partial charge is 0.442 e. The molecule has 6 nitrogen and oxygen atoms in total. The molecule has 0 aromatic heterocycles. The first kappa shape index (κ1) is 12.4. The van der Waals surface area contributed by atoms with Crippen LogP contribution in [0.15, 0.2) is 0 Å². The summed E-state index contributed by atoms with van der Waals surface area (Å²) < 4.78 is 26.9. The highest BCUT2D eigenvalue weighted by Gasteiger charge is 2.61. The van der Waals surface area contributed by atoms with Crippen LogP contribution in [0.3, 0.4) is 0 Å². The Morgan fingerprint density at radius 3 is 2.07 bits per heavy atom. The van der Waals surface area contributed by atoms with Crippen LogP contribution in [-0.2, 0) is 14.5 Å². The number of quaternary nitrogens is 1. The third-order valence-electron chi connectivity index (χ3n) is 2.56. The minimum atomic E-state index is -4.18. The van der Waals surface area contributed by atoms with Gasteiger partial charge in [0.25, 0.3) is 6.09 Å². The third-order valence-corrected chi connectivity index (χ3v) is 4.74. The van der Waals surface area contributed by atoms with E-state index in [0.717, 1.165) is 0 Å². The average molecular weight is 237 g/mol. The molecule has 15 heavy (non-hydrogen) atoms. The predicted molar refractivity (Wildman–Crippen MR) is 49.7 cm³/mol. The van der Waals surface area contributed by atoms with Gasteiger partial charge >= 0.3 is 10.3 Å². The summed E-state index contributed by atoms with van der Waals surface area (Å²) in [5, 5.41) is 11.1. The van der Waals surface area contributed by atoms with Crippen molar-refractivity contribution in [3.05, 3.63) is 0 Å². The summed E-state index contributed by atoms with van der Waals surface area (Å²) in [5.74, 6) is 0. The SMILES string of the molecule is C[C@H]1C[N+](C(=O)[O-])(C(C)(C)C)S(=O)(=O)O1. The van der Waals surface area contributed by atoms with Gasteiger partial charge in [0.05, 0.1) is 0 Å². The molecular weight excluding hydrogens is 222 g/mol. The van der Waals surface area contributed by atoms with Crippen molar-refractivity contribution in [3.8, 4) is 0 Å². The van der Waals surface area contributed by atoms with Crippen LogP contribution in [0.4, 0.5) is 4.79 Å². The van der Waals surface area contributed by atoms with Crippen molar-refractivity contribution in [2.24, 2.45) is 0 Å². The molecule has 0 aliphatic carbocycles. The summed E-state index contributed by atoms with van der Waals surface area (Å²) in [7, 11) is -4.18. The molecular formula is C8H15NO5S. The van der Waals surface area contributed by atoms with Gasteiger partial charge in [0.15, 0.2) is 0 Å². The lowest BCUT2D eigenvalue weighted by Crippen LogP contribution is -2.68. The van der Waals surface area contributed by atoms with Gasteiger partial charge in [-0.3, -0.25) is 0 Å². The van der Waals surface area contributed by atoms with Gasteiger partial charge in [0.2, 0.25) is 0 Å². The molecule has 0 aromatic carbocycles. The van der Waals surface area contributed by atoms with Gasteiger partial charge in [0.1, 0.15) is 18.2 Å². The Bertz CT molecular complexity index is 382. The highest BCUT2D eigenvalue weighted by atomic mass is 32.2. The maximum Gasteiger partial charge on any atom is 0.442 e. The number of hydrogen-bond acceptors (Lipinski definition) is 5. The van der Waals surface area contributed by atoms with Gasteiger partial charge < -0.3 is 9.90 Å². The van der Waals surface area contributed by atoms with Crippen LogP contribution < -0.4 is 5.11 Å². The van der Waals surface area contributed by atoms with E-state index >= 15 is 0 Å². The second kappa shape index (κ2) is 3.16. The van der Waals surface area contributed by atoms with Crippen LogP contribution in [0.2, 0.25) is 0 Å². The van der Waals surface area contributed by atoms with E-state index in [0.29, 0.717) is 0 Å². The van der Waals surface area contributed by atoms with Crippen LogP contribution in [0.25, 0.3) is 0 Å². The number of hydrogen-bond donors (Lipinski definition) is 0. The number of carbonyl (C=O) groups excluding carboxylic acids is 1. The summed E-state index contributed by atoms with van der Waals surface area (Å²) in [4.78, 5) is 11.1.